The van der Waals surface area contributed by atoms with Gasteiger partial charge in [0, 0.05) is 30.1 Å². The number of hydrogen-bond acceptors (Lipinski definition) is 4. The first-order valence-corrected chi connectivity index (χ1v) is 7.02. The second-order valence-corrected chi connectivity index (χ2v) is 5.46. The number of hydrogen-bond donors (Lipinski definition) is 1. The summed E-state index contributed by atoms with van der Waals surface area (Å²) in [5, 5.41) is 6.27. The molecule has 0 radical (unpaired) electrons. The van der Waals surface area contributed by atoms with Crippen molar-refractivity contribution in [1.82, 2.24) is 5.01 Å². The number of benzene rings is 1. The zero-order valence-electron chi connectivity index (χ0n) is 12.5. The van der Waals surface area contributed by atoms with Crippen LogP contribution in [0.4, 0.5) is 5.69 Å². The van der Waals surface area contributed by atoms with E-state index >= 15 is 0 Å². The number of anilines is 1. The van der Waals surface area contributed by atoms with Crippen LogP contribution < -0.4 is 10.5 Å². The first kappa shape index (κ1) is 13.5. The topological polar surface area (TPSA) is 50.9 Å². The molecule has 1 aromatic rings. The number of nitrogens with two attached hydrogens (primary N) is 1. The van der Waals surface area contributed by atoms with Gasteiger partial charge in [-0.15, -0.1) is 0 Å². The van der Waals surface area contributed by atoms with E-state index in [1.165, 1.54) is 5.57 Å². The van der Waals surface area contributed by atoms with Crippen LogP contribution >= 0.6 is 0 Å². The van der Waals surface area contributed by atoms with Crippen LogP contribution in [0.2, 0.25) is 0 Å². The molecule has 4 heteroatoms. The molecule has 0 fully saturated rings. The Hall–Kier alpha value is -2.49. The Morgan fingerprint density at radius 1 is 1.29 bits per heavy atom. The molecule has 0 saturated carbocycles. The van der Waals surface area contributed by atoms with Gasteiger partial charge < -0.3 is 10.5 Å². The van der Waals surface area contributed by atoms with Crippen molar-refractivity contribution >= 4 is 11.9 Å². The van der Waals surface area contributed by atoms with Gasteiger partial charge in [0.2, 0.25) is 0 Å². The molecule has 1 atom stereocenters. The van der Waals surface area contributed by atoms with Crippen molar-refractivity contribution in [3.8, 4) is 5.75 Å². The molecule has 1 unspecified atom stereocenters. The summed E-state index contributed by atoms with van der Waals surface area (Å²) < 4.78 is 5.98. The summed E-state index contributed by atoms with van der Waals surface area (Å²) in [5.41, 5.74) is 9.89. The average molecular weight is 281 g/mol. The van der Waals surface area contributed by atoms with Crippen molar-refractivity contribution in [3.63, 3.8) is 0 Å². The first-order valence-electron chi connectivity index (χ1n) is 7.02. The number of aryl methyl sites for hydroxylation is 1. The molecule has 2 N–H and O–H groups in total. The molecule has 2 aliphatic heterocycles. The van der Waals surface area contributed by atoms with Crippen LogP contribution in [0.3, 0.4) is 0 Å². The smallest absolute Gasteiger partial charge is 0.131 e. The number of nitrogens with zero attached hydrogens (tertiary/aromatic N) is 2. The Balaban J connectivity index is 1.89. The molecule has 2 heterocycles. The van der Waals surface area contributed by atoms with E-state index in [4.69, 9.17) is 10.5 Å². The van der Waals surface area contributed by atoms with E-state index in [-0.39, 0.29) is 0 Å². The number of hydrazone groups is 1. The Labute approximate surface area is 124 Å². The molecular weight excluding hydrogens is 262 g/mol. The minimum atomic E-state index is 0.346. The number of nitrogen functional groups attached to an aromatic ring is 1. The zero-order valence-corrected chi connectivity index (χ0v) is 12.5. The molecule has 0 aromatic heterocycles. The number of fused-ring (bicyclic) bond motifs is 1. The van der Waals surface area contributed by atoms with Gasteiger partial charge in [0.1, 0.15) is 11.5 Å². The summed E-state index contributed by atoms with van der Waals surface area (Å²) in [6.07, 6.45) is 7.81. The number of rotatable bonds is 2. The molecule has 0 aliphatic carbocycles. The number of ether oxygens (including phenoxy) is 1. The van der Waals surface area contributed by atoms with Crippen molar-refractivity contribution in [3.05, 3.63) is 59.1 Å². The first-order chi connectivity index (χ1) is 10.0. The molecule has 4 nitrogen and oxygen atoms in total. The van der Waals surface area contributed by atoms with E-state index in [0.29, 0.717) is 5.92 Å². The SMILES string of the molecule is CC1=C2C=C(Oc3ccc(N)cc3C)C=CN2N=CC1C. The summed E-state index contributed by atoms with van der Waals surface area (Å²) in [7, 11) is 0. The quantitative estimate of drug-likeness (QED) is 0.843. The fraction of sp³-hybridized carbons (Fsp3) is 0.235. The van der Waals surface area contributed by atoms with Crippen LogP contribution in [0.1, 0.15) is 19.4 Å². The van der Waals surface area contributed by atoms with E-state index in [1.54, 1.807) is 0 Å². The van der Waals surface area contributed by atoms with Crippen LogP contribution in [0.25, 0.3) is 0 Å². The van der Waals surface area contributed by atoms with Gasteiger partial charge in [-0.2, -0.15) is 5.10 Å². The third kappa shape index (κ3) is 2.57. The van der Waals surface area contributed by atoms with Crippen molar-refractivity contribution in [2.45, 2.75) is 20.8 Å². The third-order valence-corrected chi connectivity index (χ3v) is 3.83. The van der Waals surface area contributed by atoms with Crippen molar-refractivity contribution in [2.75, 3.05) is 5.73 Å². The summed E-state index contributed by atoms with van der Waals surface area (Å²) in [6, 6.07) is 5.65. The van der Waals surface area contributed by atoms with Crippen molar-refractivity contribution in [2.24, 2.45) is 11.0 Å². The summed E-state index contributed by atoms with van der Waals surface area (Å²) >= 11 is 0. The lowest BCUT2D eigenvalue weighted by Crippen LogP contribution is -2.22. The molecule has 0 spiro atoms. The minimum Gasteiger partial charge on any atom is -0.457 e. The summed E-state index contributed by atoms with van der Waals surface area (Å²) in [5.74, 6) is 1.97. The van der Waals surface area contributed by atoms with Crippen LogP contribution in [-0.2, 0) is 0 Å². The lowest BCUT2D eigenvalue weighted by atomic mass is 9.99. The van der Waals surface area contributed by atoms with E-state index in [1.807, 2.05) is 54.7 Å². The molecule has 0 saturated heterocycles. The molecule has 0 amide bonds. The van der Waals surface area contributed by atoms with Gasteiger partial charge in [0.15, 0.2) is 0 Å². The Morgan fingerprint density at radius 3 is 2.86 bits per heavy atom. The molecule has 1 aromatic carbocycles. The Kier molecular flexibility index (Phi) is 3.29. The zero-order chi connectivity index (χ0) is 15.0. The van der Waals surface area contributed by atoms with Crippen molar-refractivity contribution in [1.29, 1.82) is 0 Å². The second kappa shape index (κ2) is 5.13. The minimum absolute atomic E-state index is 0.346. The maximum atomic E-state index is 5.98. The van der Waals surface area contributed by atoms with Crippen LogP contribution in [-0.4, -0.2) is 11.2 Å². The fourth-order valence-electron chi connectivity index (χ4n) is 2.36. The maximum absolute atomic E-state index is 5.98. The van der Waals surface area contributed by atoms with Crippen molar-refractivity contribution < 1.29 is 4.74 Å². The van der Waals surface area contributed by atoms with E-state index < -0.39 is 0 Å². The van der Waals surface area contributed by atoms with E-state index in [2.05, 4.69) is 18.9 Å². The molecule has 21 heavy (non-hydrogen) atoms. The highest BCUT2D eigenvalue weighted by Gasteiger charge is 2.20. The highest BCUT2D eigenvalue weighted by atomic mass is 16.5. The van der Waals surface area contributed by atoms with Gasteiger partial charge in [0.25, 0.3) is 0 Å². The molecule has 108 valence electrons. The number of allylic oxidation sites excluding steroid dienone is 3. The monoisotopic (exact) mass is 281 g/mol. The molecule has 3 rings (SSSR count). The second-order valence-electron chi connectivity index (χ2n) is 5.46. The largest absolute Gasteiger partial charge is 0.457 e. The van der Waals surface area contributed by atoms with Gasteiger partial charge in [-0.3, -0.25) is 0 Å². The van der Waals surface area contributed by atoms with Gasteiger partial charge in [0.05, 0.1) is 5.70 Å². The van der Waals surface area contributed by atoms with Gasteiger partial charge in [-0.1, -0.05) is 6.92 Å². The van der Waals surface area contributed by atoms with Gasteiger partial charge in [-0.25, -0.2) is 5.01 Å². The Morgan fingerprint density at radius 2 is 2.10 bits per heavy atom. The van der Waals surface area contributed by atoms with Gasteiger partial charge in [-0.05, 0) is 49.3 Å². The summed E-state index contributed by atoms with van der Waals surface area (Å²) in [6.45, 7) is 6.25. The molecular formula is C17H19N3O. The molecule has 2 aliphatic rings. The Bertz CT molecular complexity index is 698. The standard InChI is InChI=1S/C17H19N3O/c1-11-8-14(18)4-5-17(11)21-15-6-7-20-16(9-15)13(3)12(2)10-19-20/h4-10,12H,18H2,1-3H3. The average Bonchev–Trinajstić information content (AvgIpc) is 2.46. The highest BCUT2D eigenvalue weighted by molar-refractivity contribution is 5.67. The van der Waals surface area contributed by atoms with Crippen LogP contribution in [0.5, 0.6) is 5.75 Å². The normalized spacial score (nSPS) is 20.4. The summed E-state index contributed by atoms with van der Waals surface area (Å²) in [4.78, 5) is 0. The van der Waals surface area contributed by atoms with E-state index in [9.17, 15) is 0 Å². The highest BCUT2D eigenvalue weighted by Crippen LogP contribution is 2.29. The fourth-order valence-corrected chi connectivity index (χ4v) is 2.36. The lowest BCUT2D eigenvalue weighted by molar-refractivity contribution is 0.415. The van der Waals surface area contributed by atoms with Gasteiger partial charge >= 0.3 is 0 Å². The maximum Gasteiger partial charge on any atom is 0.131 e. The third-order valence-electron chi connectivity index (χ3n) is 3.83. The van der Waals surface area contributed by atoms with Crippen LogP contribution in [0.15, 0.2) is 58.7 Å². The van der Waals surface area contributed by atoms with E-state index in [0.717, 1.165) is 28.5 Å². The van der Waals surface area contributed by atoms with Crippen LogP contribution in [0, 0.1) is 12.8 Å². The lowest BCUT2D eigenvalue weighted by Gasteiger charge is -2.28. The molecule has 0 bridgehead atoms. The predicted octanol–water partition coefficient (Wildman–Crippen LogP) is 3.58. The predicted molar refractivity (Wildman–Crippen MR) is 85.6 cm³/mol.